The lowest BCUT2D eigenvalue weighted by Crippen LogP contribution is -2.22. The van der Waals surface area contributed by atoms with Crippen molar-refractivity contribution in [2.24, 2.45) is 0 Å². The zero-order valence-corrected chi connectivity index (χ0v) is 14.2. The van der Waals surface area contributed by atoms with Gasteiger partial charge in [-0.3, -0.25) is 0 Å². The van der Waals surface area contributed by atoms with Gasteiger partial charge < -0.3 is 0 Å². The monoisotopic (exact) mass is 340 g/mol. The molecule has 0 N–H and O–H groups in total. The van der Waals surface area contributed by atoms with E-state index in [9.17, 15) is 0 Å². The molecule has 126 valence electrons. The average Bonchev–Trinajstić information content (AvgIpc) is 3.29. The molecule has 0 amide bonds. The Morgan fingerprint density at radius 2 is 1.15 bits per heavy atom. The van der Waals surface area contributed by atoms with E-state index in [4.69, 9.17) is 0 Å². The Kier molecular flexibility index (Phi) is 3.28. The molecule has 26 heavy (non-hydrogen) atoms. The quantitative estimate of drug-likeness (QED) is 0.504. The van der Waals surface area contributed by atoms with Crippen molar-refractivity contribution in [3.05, 3.63) is 83.9 Å². The van der Waals surface area contributed by atoms with Crippen molar-refractivity contribution in [2.45, 2.75) is 13.1 Å². The summed E-state index contributed by atoms with van der Waals surface area (Å²) in [5.74, 6) is 0. The maximum atomic E-state index is 4.44. The molecule has 6 heteroatoms. The number of benzene rings is 3. The van der Waals surface area contributed by atoms with E-state index in [-0.39, 0.29) is 6.17 Å². The van der Waals surface area contributed by atoms with Crippen LogP contribution in [0.5, 0.6) is 0 Å². The van der Waals surface area contributed by atoms with Crippen molar-refractivity contribution >= 4 is 22.1 Å². The van der Waals surface area contributed by atoms with Gasteiger partial charge in [0.15, 0.2) is 6.17 Å². The zero-order chi connectivity index (χ0) is 17.5. The Hall–Kier alpha value is -3.54. The van der Waals surface area contributed by atoms with Gasteiger partial charge in [-0.1, -0.05) is 64.5 Å². The minimum atomic E-state index is -0.268. The van der Waals surface area contributed by atoms with Crippen LogP contribution in [0, 0.1) is 6.92 Å². The van der Waals surface area contributed by atoms with Crippen molar-refractivity contribution in [2.75, 3.05) is 0 Å². The number of fused-ring (bicyclic) bond motifs is 2. The van der Waals surface area contributed by atoms with Crippen molar-refractivity contribution in [1.82, 2.24) is 30.0 Å². The van der Waals surface area contributed by atoms with Gasteiger partial charge in [0, 0.05) is 0 Å². The molecule has 0 radical (unpaired) electrons. The summed E-state index contributed by atoms with van der Waals surface area (Å²) in [6.07, 6.45) is -0.268. The van der Waals surface area contributed by atoms with Crippen LogP contribution in [0.4, 0.5) is 0 Å². The number of aromatic nitrogens is 6. The van der Waals surface area contributed by atoms with Crippen LogP contribution in [0.15, 0.2) is 72.8 Å². The molecule has 5 rings (SSSR count). The fraction of sp³-hybridized carbons (Fsp3) is 0.100. The van der Waals surface area contributed by atoms with E-state index in [1.54, 1.807) is 0 Å². The summed E-state index contributed by atoms with van der Waals surface area (Å²) in [4.78, 5) is 0. The van der Waals surface area contributed by atoms with Gasteiger partial charge in [-0.2, -0.15) is 0 Å². The number of nitrogens with zero attached hydrogens (tertiary/aromatic N) is 6. The van der Waals surface area contributed by atoms with Gasteiger partial charge in [0.2, 0.25) is 0 Å². The summed E-state index contributed by atoms with van der Waals surface area (Å²) in [6.45, 7) is 2.08. The summed E-state index contributed by atoms with van der Waals surface area (Å²) >= 11 is 0. The molecular weight excluding hydrogens is 324 g/mol. The first-order chi connectivity index (χ1) is 12.8. The molecule has 0 bridgehead atoms. The number of hydrogen-bond donors (Lipinski definition) is 0. The Morgan fingerprint density at radius 3 is 1.69 bits per heavy atom. The van der Waals surface area contributed by atoms with Crippen LogP contribution in [0.1, 0.15) is 17.3 Å². The lowest BCUT2D eigenvalue weighted by atomic mass is 10.1. The number of para-hydroxylation sites is 2. The topological polar surface area (TPSA) is 61.4 Å². The van der Waals surface area contributed by atoms with Crippen LogP contribution in [-0.4, -0.2) is 30.0 Å². The molecule has 0 unspecified atom stereocenters. The molecule has 2 heterocycles. The van der Waals surface area contributed by atoms with Crippen molar-refractivity contribution < 1.29 is 0 Å². The molecule has 0 spiro atoms. The first-order valence-corrected chi connectivity index (χ1v) is 8.48. The molecule has 2 aromatic heterocycles. The third-order valence-electron chi connectivity index (χ3n) is 4.59. The maximum absolute atomic E-state index is 4.44. The largest absolute Gasteiger partial charge is 0.215 e. The number of aryl methyl sites for hydroxylation is 1. The highest BCUT2D eigenvalue weighted by molar-refractivity contribution is 5.76. The number of hydrogen-bond acceptors (Lipinski definition) is 4. The maximum Gasteiger partial charge on any atom is 0.173 e. The Balaban J connectivity index is 1.79. The van der Waals surface area contributed by atoms with Crippen molar-refractivity contribution in [3.8, 4) is 0 Å². The summed E-state index contributed by atoms with van der Waals surface area (Å²) in [6, 6.07) is 24.3. The van der Waals surface area contributed by atoms with E-state index in [2.05, 4.69) is 51.8 Å². The van der Waals surface area contributed by atoms with Crippen LogP contribution < -0.4 is 0 Å². The van der Waals surface area contributed by atoms with Gasteiger partial charge in [-0.05, 0) is 36.8 Å². The summed E-state index contributed by atoms with van der Waals surface area (Å²) in [7, 11) is 0. The molecule has 0 aliphatic carbocycles. The van der Waals surface area contributed by atoms with Crippen molar-refractivity contribution in [1.29, 1.82) is 0 Å². The van der Waals surface area contributed by atoms with Crippen molar-refractivity contribution in [3.63, 3.8) is 0 Å². The van der Waals surface area contributed by atoms with Gasteiger partial charge >= 0.3 is 0 Å². The highest BCUT2D eigenvalue weighted by Crippen LogP contribution is 2.26. The van der Waals surface area contributed by atoms with Crippen LogP contribution >= 0.6 is 0 Å². The summed E-state index contributed by atoms with van der Waals surface area (Å²) in [5.41, 5.74) is 5.90. The van der Waals surface area contributed by atoms with E-state index in [1.807, 2.05) is 57.9 Å². The number of rotatable bonds is 3. The first-order valence-electron chi connectivity index (χ1n) is 8.48. The molecule has 0 fully saturated rings. The molecule has 0 aliphatic rings. The van der Waals surface area contributed by atoms with Crippen LogP contribution in [0.3, 0.4) is 0 Å². The lowest BCUT2D eigenvalue weighted by Gasteiger charge is -2.19. The van der Waals surface area contributed by atoms with E-state index < -0.39 is 0 Å². The fourth-order valence-corrected chi connectivity index (χ4v) is 3.26. The minimum Gasteiger partial charge on any atom is -0.215 e. The third kappa shape index (κ3) is 2.27. The Morgan fingerprint density at radius 1 is 0.654 bits per heavy atom. The highest BCUT2D eigenvalue weighted by atomic mass is 15.6. The Labute approximate surface area is 149 Å². The molecule has 0 saturated heterocycles. The molecule has 3 aromatic carbocycles. The SMILES string of the molecule is Cc1ccc(C(n2nnc3ccccc32)n2nnc3ccccc32)cc1. The second kappa shape index (κ2) is 5.77. The predicted octanol–water partition coefficient (Wildman–Crippen LogP) is 3.58. The van der Waals surface area contributed by atoms with Crippen LogP contribution in [-0.2, 0) is 0 Å². The predicted molar refractivity (Wildman–Crippen MR) is 99.8 cm³/mol. The fourth-order valence-electron chi connectivity index (χ4n) is 3.26. The van der Waals surface area contributed by atoms with Gasteiger partial charge in [0.1, 0.15) is 11.0 Å². The van der Waals surface area contributed by atoms with Gasteiger partial charge in [-0.15, -0.1) is 10.2 Å². The molecule has 0 atom stereocenters. The minimum absolute atomic E-state index is 0.268. The lowest BCUT2D eigenvalue weighted by molar-refractivity contribution is 0.421. The zero-order valence-electron chi connectivity index (χ0n) is 14.2. The van der Waals surface area contributed by atoms with E-state index >= 15 is 0 Å². The van der Waals surface area contributed by atoms with Gasteiger partial charge in [-0.25, -0.2) is 9.36 Å². The average molecular weight is 340 g/mol. The normalized spacial score (nSPS) is 11.6. The van der Waals surface area contributed by atoms with Gasteiger partial charge in [0.05, 0.1) is 11.0 Å². The Bertz CT molecular complexity index is 1130. The van der Waals surface area contributed by atoms with E-state index in [1.165, 1.54) is 5.56 Å². The molecule has 0 aliphatic heterocycles. The standard InChI is InChI=1S/C20H16N6/c1-14-10-12-15(13-11-14)20(25-18-8-4-2-6-16(18)21-23-25)26-19-9-5-3-7-17(19)22-24-26/h2-13,20H,1H3. The van der Waals surface area contributed by atoms with E-state index in [0.29, 0.717) is 0 Å². The third-order valence-corrected chi connectivity index (χ3v) is 4.59. The van der Waals surface area contributed by atoms with E-state index in [0.717, 1.165) is 27.6 Å². The van der Waals surface area contributed by atoms with Crippen LogP contribution in [0.2, 0.25) is 0 Å². The summed E-state index contributed by atoms with van der Waals surface area (Å²) < 4.78 is 3.81. The summed E-state index contributed by atoms with van der Waals surface area (Å²) in [5, 5.41) is 17.5. The second-order valence-electron chi connectivity index (χ2n) is 6.33. The second-order valence-corrected chi connectivity index (χ2v) is 6.33. The van der Waals surface area contributed by atoms with Gasteiger partial charge in [0.25, 0.3) is 0 Å². The first kappa shape index (κ1) is 14.8. The molecular formula is C20H16N6. The molecule has 6 nitrogen and oxygen atoms in total. The molecule has 0 saturated carbocycles. The smallest absolute Gasteiger partial charge is 0.173 e. The highest BCUT2D eigenvalue weighted by Gasteiger charge is 2.22. The molecule has 5 aromatic rings. The van der Waals surface area contributed by atoms with Crippen LogP contribution in [0.25, 0.3) is 22.1 Å².